The van der Waals surface area contributed by atoms with Crippen LogP contribution in [0.25, 0.3) is 10.4 Å². The Morgan fingerprint density at radius 2 is 2.33 bits per heavy atom. The Morgan fingerprint density at radius 3 is 2.94 bits per heavy atom. The molecule has 0 bridgehead atoms. The molecule has 1 aromatic carbocycles. The SMILES string of the molecule is [N-]=[N+]=NCCC#Cc1cc(Cl)c(C(=O)O)cc1F. The van der Waals surface area contributed by atoms with E-state index in [-0.39, 0.29) is 29.1 Å². The molecule has 1 rings (SSSR count). The summed E-state index contributed by atoms with van der Waals surface area (Å²) in [4.78, 5) is 13.2. The van der Waals surface area contributed by atoms with Crippen LogP contribution in [0, 0.1) is 17.7 Å². The first-order valence-electron chi connectivity index (χ1n) is 4.78. The standard InChI is InChI=1S/C11H7ClFN3O2/c12-9-5-7(3-1-2-4-15-16-14)10(13)6-8(9)11(17)18/h5-6H,2,4H2,(H,17,18). The number of hydrogen-bond acceptors (Lipinski definition) is 2. The molecule has 0 unspecified atom stereocenters. The summed E-state index contributed by atoms with van der Waals surface area (Å²) < 4.78 is 13.5. The fraction of sp³-hybridized carbons (Fsp3) is 0.182. The van der Waals surface area contributed by atoms with E-state index in [9.17, 15) is 9.18 Å². The Balaban J connectivity index is 2.94. The average molecular weight is 268 g/mol. The fourth-order valence-electron chi connectivity index (χ4n) is 1.11. The highest BCUT2D eigenvalue weighted by Gasteiger charge is 2.12. The minimum Gasteiger partial charge on any atom is -0.478 e. The van der Waals surface area contributed by atoms with Crippen molar-refractivity contribution in [1.29, 1.82) is 0 Å². The van der Waals surface area contributed by atoms with Gasteiger partial charge in [0.1, 0.15) is 5.82 Å². The number of aromatic carboxylic acids is 1. The smallest absolute Gasteiger partial charge is 0.337 e. The van der Waals surface area contributed by atoms with Crippen molar-refractivity contribution in [3.05, 3.63) is 44.5 Å². The summed E-state index contributed by atoms with van der Waals surface area (Å²) >= 11 is 5.68. The second-order valence-electron chi connectivity index (χ2n) is 3.12. The summed E-state index contributed by atoms with van der Waals surface area (Å²) in [5, 5.41) is 11.9. The van der Waals surface area contributed by atoms with Crippen LogP contribution in [0.2, 0.25) is 5.02 Å². The van der Waals surface area contributed by atoms with Crippen LogP contribution in [0.5, 0.6) is 0 Å². The van der Waals surface area contributed by atoms with Gasteiger partial charge in [0.25, 0.3) is 0 Å². The van der Waals surface area contributed by atoms with Crippen molar-refractivity contribution in [3.8, 4) is 11.8 Å². The zero-order valence-electron chi connectivity index (χ0n) is 9.02. The number of halogens is 2. The lowest BCUT2D eigenvalue weighted by molar-refractivity contribution is 0.0696. The van der Waals surface area contributed by atoms with E-state index in [2.05, 4.69) is 21.9 Å². The van der Waals surface area contributed by atoms with Gasteiger partial charge in [0.15, 0.2) is 0 Å². The Kier molecular flexibility index (Phi) is 5.00. The molecule has 5 nitrogen and oxygen atoms in total. The van der Waals surface area contributed by atoms with Crippen LogP contribution in [-0.2, 0) is 0 Å². The Hall–Kier alpha value is -2.22. The molecular formula is C11H7ClFN3O2. The molecule has 0 saturated carbocycles. The van der Waals surface area contributed by atoms with Gasteiger partial charge >= 0.3 is 5.97 Å². The van der Waals surface area contributed by atoms with Crippen molar-refractivity contribution in [3.63, 3.8) is 0 Å². The molecule has 0 aliphatic rings. The second-order valence-corrected chi connectivity index (χ2v) is 3.53. The molecule has 0 heterocycles. The van der Waals surface area contributed by atoms with Gasteiger partial charge in [-0.25, -0.2) is 9.18 Å². The third-order valence-corrected chi connectivity index (χ3v) is 2.22. The summed E-state index contributed by atoms with van der Waals surface area (Å²) in [7, 11) is 0. The zero-order valence-corrected chi connectivity index (χ0v) is 9.78. The summed E-state index contributed by atoms with van der Waals surface area (Å²) in [6.45, 7) is 0.187. The number of carboxylic acids is 1. The number of benzene rings is 1. The lowest BCUT2D eigenvalue weighted by Crippen LogP contribution is -1.99. The van der Waals surface area contributed by atoms with Crippen LogP contribution in [0.3, 0.4) is 0 Å². The summed E-state index contributed by atoms with van der Waals surface area (Å²) in [6, 6.07) is 1.98. The number of carbonyl (C=O) groups is 1. The third-order valence-electron chi connectivity index (χ3n) is 1.91. The van der Waals surface area contributed by atoms with E-state index in [0.29, 0.717) is 0 Å². The van der Waals surface area contributed by atoms with E-state index in [0.717, 1.165) is 12.1 Å². The normalized spacial score (nSPS) is 9.00. The van der Waals surface area contributed by atoms with Crippen LogP contribution < -0.4 is 0 Å². The molecule has 1 aromatic rings. The Bertz CT molecular complexity index is 586. The maximum atomic E-state index is 13.5. The molecule has 1 N–H and O–H groups in total. The van der Waals surface area contributed by atoms with E-state index in [1.54, 1.807) is 0 Å². The maximum absolute atomic E-state index is 13.5. The van der Waals surface area contributed by atoms with Crippen LogP contribution >= 0.6 is 11.6 Å². The molecule has 0 aliphatic carbocycles. The highest BCUT2D eigenvalue weighted by Crippen LogP contribution is 2.20. The predicted octanol–water partition coefficient (Wildman–Crippen LogP) is 3.23. The zero-order chi connectivity index (χ0) is 13.5. The maximum Gasteiger partial charge on any atom is 0.337 e. The number of rotatable bonds is 3. The van der Waals surface area contributed by atoms with E-state index < -0.39 is 11.8 Å². The molecule has 92 valence electrons. The summed E-state index contributed by atoms with van der Waals surface area (Å²) in [5.41, 5.74) is 7.72. The van der Waals surface area contributed by atoms with Gasteiger partial charge in [-0.15, -0.1) is 0 Å². The van der Waals surface area contributed by atoms with Gasteiger partial charge in [-0.2, -0.15) is 0 Å². The first-order valence-corrected chi connectivity index (χ1v) is 5.16. The van der Waals surface area contributed by atoms with Crippen molar-refractivity contribution < 1.29 is 14.3 Å². The number of nitrogens with zero attached hydrogens (tertiary/aromatic N) is 3. The molecule has 18 heavy (non-hydrogen) atoms. The van der Waals surface area contributed by atoms with Gasteiger partial charge in [-0.3, -0.25) is 0 Å². The van der Waals surface area contributed by atoms with E-state index >= 15 is 0 Å². The number of azide groups is 1. The third kappa shape index (κ3) is 3.67. The monoisotopic (exact) mass is 267 g/mol. The largest absolute Gasteiger partial charge is 0.478 e. The van der Waals surface area contributed by atoms with Crippen LogP contribution in [0.1, 0.15) is 22.3 Å². The lowest BCUT2D eigenvalue weighted by atomic mass is 10.1. The quantitative estimate of drug-likeness (QED) is 0.300. The molecule has 0 saturated heterocycles. The Morgan fingerprint density at radius 1 is 1.61 bits per heavy atom. The first-order chi connectivity index (χ1) is 8.56. The predicted molar refractivity (Wildman–Crippen MR) is 63.9 cm³/mol. The highest BCUT2D eigenvalue weighted by atomic mass is 35.5. The van der Waals surface area contributed by atoms with Crippen LogP contribution in [0.15, 0.2) is 17.2 Å². The molecule has 0 spiro atoms. The number of carboxylic acid groups (broad SMARTS) is 1. The van der Waals surface area contributed by atoms with Gasteiger partial charge in [-0.1, -0.05) is 28.6 Å². The van der Waals surface area contributed by atoms with Gasteiger partial charge in [0.2, 0.25) is 0 Å². The minimum atomic E-state index is -1.30. The first kappa shape index (κ1) is 13.8. The molecule has 7 heteroatoms. The van der Waals surface area contributed by atoms with Gasteiger partial charge in [-0.05, 0) is 17.7 Å². The summed E-state index contributed by atoms with van der Waals surface area (Å²) in [6.07, 6.45) is 0.280. The minimum absolute atomic E-state index is 0.00550. The van der Waals surface area contributed by atoms with Crippen molar-refractivity contribution >= 4 is 17.6 Å². The van der Waals surface area contributed by atoms with Gasteiger partial charge in [0.05, 0.1) is 16.1 Å². The van der Waals surface area contributed by atoms with Crippen LogP contribution in [0.4, 0.5) is 4.39 Å². The molecule has 0 aliphatic heterocycles. The lowest BCUT2D eigenvalue weighted by Gasteiger charge is -2.00. The topological polar surface area (TPSA) is 86.1 Å². The summed E-state index contributed by atoms with van der Waals surface area (Å²) in [5.74, 6) is 3.03. The van der Waals surface area contributed by atoms with Crippen molar-refractivity contribution in [2.45, 2.75) is 6.42 Å². The van der Waals surface area contributed by atoms with Gasteiger partial charge < -0.3 is 5.11 Å². The molecule has 0 atom stereocenters. The van der Waals surface area contributed by atoms with Gasteiger partial charge in [0, 0.05) is 17.9 Å². The molecule has 0 fully saturated rings. The number of hydrogen-bond donors (Lipinski definition) is 1. The molecular weight excluding hydrogens is 261 g/mol. The molecule has 0 amide bonds. The van der Waals surface area contributed by atoms with E-state index in [1.807, 2.05) is 0 Å². The second kappa shape index (κ2) is 6.50. The Labute approximate surface area is 107 Å². The van der Waals surface area contributed by atoms with Crippen molar-refractivity contribution in [2.75, 3.05) is 6.54 Å². The van der Waals surface area contributed by atoms with Crippen molar-refractivity contribution in [2.24, 2.45) is 5.11 Å². The highest BCUT2D eigenvalue weighted by molar-refractivity contribution is 6.33. The average Bonchev–Trinajstić information content (AvgIpc) is 2.32. The van der Waals surface area contributed by atoms with E-state index in [1.165, 1.54) is 0 Å². The molecule has 0 aromatic heterocycles. The fourth-order valence-corrected chi connectivity index (χ4v) is 1.36. The van der Waals surface area contributed by atoms with E-state index in [4.69, 9.17) is 22.2 Å². The van der Waals surface area contributed by atoms with Crippen molar-refractivity contribution in [1.82, 2.24) is 0 Å². The molecule has 0 radical (unpaired) electrons. The van der Waals surface area contributed by atoms with Crippen LogP contribution in [-0.4, -0.2) is 17.6 Å².